The van der Waals surface area contributed by atoms with Crippen molar-refractivity contribution >= 4 is 11.8 Å². The Morgan fingerprint density at radius 3 is 2.29 bits per heavy atom. The average molecular weight is 322 g/mol. The van der Waals surface area contributed by atoms with Crippen molar-refractivity contribution in [2.24, 2.45) is 5.92 Å². The quantitative estimate of drug-likeness (QED) is 0.888. The summed E-state index contributed by atoms with van der Waals surface area (Å²) in [6.07, 6.45) is 1.14. The first-order valence-electron chi connectivity index (χ1n) is 8.36. The molecular weight excluding hydrogens is 300 g/mol. The summed E-state index contributed by atoms with van der Waals surface area (Å²) in [4.78, 5) is 26.2. The zero-order valence-electron chi connectivity index (χ0n) is 13.7. The van der Waals surface area contributed by atoms with E-state index in [0.29, 0.717) is 26.1 Å². The van der Waals surface area contributed by atoms with Crippen molar-refractivity contribution in [3.05, 3.63) is 71.8 Å². The molecule has 1 fully saturated rings. The zero-order valence-corrected chi connectivity index (χ0v) is 13.7. The Balaban J connectivity index is 1.48. The fourth-order valence-corrected chi connectivity index (χ4v) is 3.00. The SMILES string of the molecule is O=C(NCc1ccccc1)[C@H]1CC(=O)N(CCc2ccccc2)C1. The van der Waals surface area contributed by atoms with Crippen LogP contribution in [0.5, 0.6) is 0 Å². The zero-order chi connectivity index (χ0) is 16.8. The third-order valence-electron chi connectivity index (χ3n) is 4.41. The molecule has 1 atom stereocenters. The molecule has 124 valence electrons. The van der Waals surface area contributed by atoms with Crippen LogP contribution in [-0.4, -0.2) is 29.8 Å². The molecule has 24 heavy (non-hydrogen) atoms. The van der Waals surface area contributed by atoms with Gasteiger partial charge in [-0.3, -0.25) is 9.59 Å². The molecule has 1 heterocycles. The first kappa shape index (κ1) is 16.2. The summed E-state index contributed by atoms with van der Waals surface area (Å²) in [5, 5.41) is 2.94. The van der Waals surface area contributed by atoms with Gasteiger partial charge in [0.05, 0.1) is 5.92 Å². The highest BCUT2D eigenvalue weighted by molar-refractivity contribution is 5.89. The molecule has 3 rings (SSSR count). The summed E-state index contributed by atoms with van der Waals surface area (Å²) in [6.45, 7) is 1.70. The highest BCUT2D eigenvalue weighted by atomic mass is 16.2. The molecule has 1 aliphatic heterocycles. The molecule has 0 unspecified atom stereocenters. The van der Waals surface area contributed by atoms with Gasteiger partial charge in [-0.25, -0.2) is 0 Å². The van der Waals surface area contributed by atoms with Crippen LogP contribution in [0.3, 0.4) is 0 Å². The molecule has 0 aliphatic carbocycles. The molecule has 4 heteroatoms. The Morgan fingerprint density at radius 1 is 1.00 bits per heavy atom. The number of benzene rings is 2. The molecule has 0 aromatic heterocycles. The third kappa shape index (κ3) is 4.22. The standard InChI is InChI=1S/C20H22N2O2/c23-19-13-18(20(24)21-14-17-9-5-2-6-10-17)15-22(19)12-11-16-7-3-1-4-8-16/h1-10,18H,11-15H2,(H,21,24)/t18-/m0/s1. The van der Waals surface area contributed by atoms with Crippen LogP contribution in [0.1, 0.15) is 17.5 Å². The van der Waals surface area contributed by atoms with Crippen LogP contribution in [-0.2, 0) is 22.6 Å². The van der Waals surface area contributed by atoms with Gasteiger partial charge in [-0.05, 0) is 17.5 Å². The molecule has 1 saturated heterocycles. The van der Waals surface area contributed by atoms with Gasteiger partial charge < -0.3 is 10.2 Å². The Bertz CT molecular complexity index is 685. The van der Waals surface area contributed by atoms with Crippen LogP contribution >= 0.6 is 0 Å². The van der Waals surface area contributed by atoms with Gasteiger partial charge in [0.25, 0.3) is 0 Å². The van der Waals surface area contributed by atoms with Crippen molar-refractivity contribution in [1.82, 2.24) is 10.2 Å². The number of nitrogens with one attached hydrogen (secondary N) is 1. The minimum Gasteiger partial charge on any atom is -0.352 e. The van der Waals surface area contributed by atoms with E-state index in [2.05, 4.69) is 17.4 Å². The van der Waals surface area contributed by atoms with E-state index >= 15 is 0 Å². The van der Waals surface area contributed by atoms with Gasteiger partial charge in [0, 0.05) is 26.1 Å². The monoisotopic (exact) mass is 322 g/mol. The van der Waals surface area contributed by atoms with Crippen molar-refractivity contribution in [3.8, 4) is 0 Å². The Kier molecular flexibility index (Phi) is 5.26. The van der Waals surface area contributed by atoms with E-state index in [9.17, 15) is 9.59 Å². The molecular formula is C20H22N2O2. The molecule has 0 bridgehead atoms. The van der Waals surface area contributed by atoms with Crippen LogP contribution in [0.25, 0.3) is 0 Å². The largest absolute Gasteiger partial charge is 0.352 e. The molecule has 2 aromatic carbocycles. The smallest absolute Gasteiger partial charge is 0.225 e. The highest BCUT2D eigenvalue weighted by Gasteiger charge is 2.33. The van der Waals surface area contributed by atoms with E-state index in [1.165, 1.54) is 5.56 Å². The van der Waals surface area contributed by atoms with Crippen LogP contribution in [0.15, 0.2) is 60.7 Å². The van der Waals surface area contributed by atoms with Crippen LogP contribution in [0, 0.1) is 5.92 Å². The number of likely N-dealkylation sites (tertiary alicyclic amines) is 1. The summed E-state index contributed by atoms with van der Waals surface area (Å²) in [5.74, 6) is -0.197. The second-order valence-corrected chi connectivity index (χ2v) is 6.18. The van der Waals surface area contributed by atoms with E-state index < -0.39 is 0 Å². The number of rotatable bonds is 6. The van der Waals surface area contributed by atoms with Crippen molar-refractivity contribution < 1.29 is 9.59 Å². The molecule has 4 nitrogen and oxygen atoms in total. The van der Waals surface area contributed by atoms with Crippen molar-refractivity contribution in [1.29, 1.82) is 0 Å². The average Bonchev–Trinajstić information content (AvgIpc) is 3.00. The van der Waals surface area contributed by atoms with E-state index in [0.717, 1.165) is 12.0 Å². The summed E-state index contributed by atoms with van der Waals surface area (Å²) in [5.41, 5.74) is 2.28. The minimum atomic E-state index is -0.239. The predicted molar refractivity (Wildman–Crippen MR) is 93.1 cm³/mol. The number of carbonyl (C=O) groups is 2. The lowest BCUT2D eigenvalue weighted by atomic mass is 10.1. The van der Waals surface area contributed by atoms with Gasteiger partial charge in [-0.15, -0.1) is 0 Å². The van der Waals surface area contributed by atoms with Gasteiger partial charge >= 0.3 is 0 Å². The third-order valence-corrected chi connectivity index (χ3v) is 4.41. The lowest BCUT2D eigenvalue weighted by Gasteiger charge is -2.16. The Hall–Kier alpha value is -2.62. The number of nitrogens with zero attached hydrogens (tertiary/aromatic N) is 1. The number of hydrogen-bond acceptors (Lipinski definition) is 2. The molecule has 1 aliphatic rings. The maximum atomic E-state index is 12.3. The molecule has 2 aromatic rings. The van der Waals surface area contributed by atoms with E-state index in [1.54, 1.807) is 4.90 Å². The second-order valence-electron chi connectivity index (χ2n) is 6.18. The number of carbonyl (C=O) groups excluding carboxylic acids is 2. The highest BCUT2D eigenvalue weighted by Crippen LogP contribution is 2.18. The summed E-state index contributed by atoms with van der Waals surface area (Å²) in [7, 11) is 0. The van der Waals surface area contributed by atoms with Crippen LogP contribution in [0.2, 0.25) is 0 Å². The normalized spacial score (nSPS) is 17.1. The maximum Gasteiger partial charge on any atom is 0.225 e. The molecule has 1 N–H and O–H groups in total. The minimum absolute atomic E-state index is 0.0329. The summed E-state index contributed by atoms with van der Waals surface area (Å²) >= 11 is 0. The van der Waals surface area contributed by atoms with Crippen molar-refractivity contribution in [2.45, 2.75) is 19.4 Å². The van der Waals surface area contributed by atoms with Gasteiger partial charge in [-0.2, -0.15) is 0 Å². The first-order chi connectivity index (χ1) is 11.7. The van der Waals surface area contributed by atoms with Crippen molar-refractivity contribution in [2.75, 3.05) is 13.1 Å². The van der Waals surface area contributed by atoms with Gasteiger partial charge in [0.15, 0.2) is 0 Å². The Labute approximate surface area is 142 Å². The number of amides is 2. The van der Waals surface area contributed by atoms with Crippen LogP contribution in [0.4, 0.5) is 0 Å². The van der Waals surface area contributed by atoms with E-state index in [1.807, 2.05) is 48.5 Å². The lowest BCUT2D eigenvalue weighted by Crippen LogP contribution is -2.33. The molecule has 0 saturated carbocycles. The van der Waals surface area contributed by atoms with E-state index in [-0.39, 0.29) is 17.7 Å². The molecule has 2 amide bonds. The molecule has 0 spiro atoms. The first-order valence-corrected chi connectivity index (χ1v) is 8.36. The van der Waals surface area contributed by atoms with Gasteiger partial charge in [-0.1, -0.05) is 60.7 Å². The summed E-state index contributed by atoms with van der Waals surface area (Å²) in [6, 6.07) is 19.9. The predicted octanol–water partition coefficient (Wildman–Crippen LogP) is 2.39. The van der Waals surface area contributed by atoms with Gasteiger partial charge in [0.1, 0.15) is 0 Å². The van der Waals surface area contributed by atoms with Crippen LogP contribution < -0.4 is 5.32 Å². The van der Waals surface area contributed by atoms with E-state index in [4.69, 9.17) is 0 Å². The van der Waals surface area contributed by atoms with Gasteiger partial charge in [0.2, 0.25) is 11.8 Å². The molecule has 0 radical (unpaired) electrons. The number of hydrogen-bond donors (Lipinski definition) is 1. The topological polar surface area (TPSA) is 49.4 Å². The summed E-state index contributed by atoms with van der Waals surface area (Å²) < 4.78 is 0. The lowest BCUT2D eigenvalue weighted by molar-refractivity contribution is -0.129. The maximum absolute atomic E-state index is 12.3. The fourth-order valence-electron chi connectivity index (χ4n) is 3.00. The fraction of sp³-hybridized carbons (Fsp3) is 0.300. The van der Waals surface area contributed by atoms with Crippen molar-refractivity contribution in [3.63, 3.8) is 0 Å². The second kappa shape index (κ2) is 7.77. The Morgan fingerprint density at radius 2 is 1.62 bits per heavy atom.